The van der Waals surface area contributed by atoms with Gasteiger partial charge in [-0.1, -0.05) is 30.3 Å². The van der Waals surface area contributed by atoms with Gasteiger partial charge in [0.25, 0.3) is 5.91 Å². The number of rotatable bonds is 3. The van der Waals surface area contributed by atoms with Crippen molar-refractivity contribution in [2.45, 2.75) is 39.7 Å². The number of carbonyl (C=O) groups is 2. The van der Waals surface area contributed by atoms with Crippen molar-refractivity contribution < 1.29 is 14.0 Å². The Morgan fingerprint density at radius 2 is 1.89 bits per heavy atom. The highest BCUT2D eigenvalue weighted by atomic mass is 16.4. The van der Waals surface area contributed by atoms with Crippen LogP contribution >= 0.6 is 0 Å². The van der Waals surface area contributed by atoms with Crippen LogP contribution in [0.25, 0.3) is 0 Å². The summed E-state index contributed by atoms with van der Waals surface area (Å²) in [4.78, 5) is 33.3. The lowest BCUT2D eigenvalue weighted by atomic mass is 9.77. The third-order valence-corrected chi connectivity index (χ3v) is 5.83. The molecule has 6 heteroatoms. The quantitative estimate of drug-likeness (QED) is 0.837. The van der Waals surface area contributed by atoms with Gasteiger partial charge in [0.05, 0.1) is 5.69 Å². The molecular weight excluding hydrogens is 342 g/mol. The largest absolute Gasteiger partial charge is 0.436 e. The van der Waals surface area contributed by atoms with Gasteiger partial charge in [-0.15, -0.1) is 0 Å². The smallest absolute Gasteiger partial charge is 0.291 e. The first kappa shape index (κ1) is 17.8. The molecule has 142 valence electrons. The van der Waals surface area contributed by atoms with E-state index in [1.807, 2.05) is 28.0 Å². The van der Waals surface area contributed by atoms with Gasteiger partial charge in [-0.25, -0.2) is 4.98 Å². The number of aryl methyl sites for hydroxylation is 2. The highest BCUT2D eigenvalue weighted by Crippen LogP contribution is 2.41. The summed E-state index contributed by atoms with van der Waals surface area (Å²) in [5, 5.41) is 0. The minimum atomic E-state index is -0.0894. The second-order valence-electron chi connectivity index (χ2n) is 7.85. The molecule has 6 nitrogen and oxygen atoms in total. The SMILES string of the molecule is Cc1nc(C)c(C(=O)N2CCC3(CC2)CC(=O)N(Cc2ccccc2)C3)o1. The third kappa shape index (κ3) is 3.48. The Hall–Kier alpha value is -2.63. The molecule has 2 aliphatic rings. The second-order valence-corrected chi connectivity index (χ2v) is 7.85. The Balaban J connectivity index is 1.39. The predicted octanol–water partition coefficient (Wildman–Crippen LogP) is 2.95. The Morgan fingerprint density at radius 3 is 2.52 bits per heavy atom. The van der Waals surface area contributed by atoms with Gasteiger partial charge in [0.15, 0.2) is 5.89 Å². The number of aromatic nitrogens is 1. The molecule has 4 rings (SSSR count). The molecule has 0 unspecified atom stereocenters. The molecule has 2 aromatic rings. The van der Waals surface area contributed by atoms with E-state index in [2.05, 4.69) is 17.1 Å². The first-order valence-corrected chi connectivity index (χ1v) is 9.51. The molecule has 0 bridgehead atoms. The topological polar surface area (TPSA) is 66.7 Å². The zero-order chi connectivity index (χ0) is 19.0. The van der Waals surface area contributed by atoms with Crippen molar-refractivity contribution in [1.82, 2.24) is 14.8 Å². The number of carbonyl (C=O) groups excluding carboxylic acids is 2. The van der Waals surface area contributed by atoms with E-state index in [4.69, 9.17) is 4.42 Å². The summed E-state index contributed by atoms with van der Waals surface area (Å²) in [6.07, 6.45) is 2.28. The van der Waals surface area contributed by atoms with Crippen molar-refractivity contribution in [1.29, 1.82) is 0 Å². The summed E-state index contributed by atoms with van der Waals surface area (Å²) in [5.41, 5.74) is 1.80. The summed E-state index contributed by atoms with van der Waals surface area (Å²) in [6, 6.07) is 10.1. The van der Waals surface area contributed by atoms with Crippen molar-refractivity contribution in [3.63, 3.8) is 0 Å². The Morgan fingerprint density at radius 1 is 1.19 bits per heavy atom. The predicted molar refractivity (Wildman–Crippen MR) is 100 cm³/mol. The number of nitrogens with zero attached hydrogens (tertiary/aromatic N) is 3. The van der Waals surface area contributed by atoms with Gasteiger partial charge < -0.3 is 14.2 Å². The van der Waals surface area contributed by atoms with E-state index in [0.717, 1.165) is 24.9 Å². The van der Waals surface area contributed by atoms with Gasteiger partial charge in [-0.3, -0.25) is 9.59 Å². The molecule has 0 N–H and O–H groups in total. The van der Waals surface area contributed by atoms with Crippen LogP contribution < -0.4 is 0 Å². The molecule has 1 aromatic heterocycles. The maximum Gasteiger partial charge on any atom is 0.291 e. The monoisotopic (exact) mass is 367 g/mol. The summed E-state index contributed by atoms with van der Waals surface area (Å²) in [5.74, 6) is 0.993. The van der Waals surface area contributed by atoms with E-state index in [1.54, 1.807) is 13.8 Å². The number of amides is 2. The van der Waals surface area contributed by atoms with E-state index in [0.29, 0.717) is 43.4 Å². The molecule has 1 spiro atoms. The van der Waals surface area contributed by atoms with Crippen LogP contribution in [0.4, 0.5) is 0 Å². The van der Waals surface area contributed by atoms with Crippen LogP contribution in [0, 0.1) is 19.3 Å². The molecule has 0 atom stereocenters. The van der Waals surface area contributed by atoms with Gasteiger partial charge >= 0.3 is 0 Å². The van der Waals surface area contributed by atoms with Crippen LogP contribution in [0.15, 0.2) is 34.7 Å². The fourth-order valence-electron chi connectivity index (χ4n) is 4.32. The van der Waals surface area contributed by atoms with Gasteiger partial charge in [0.2, 0.25) is 11.7 Å². The van der Waals surface area contributed by atoms with E-state index in [-0.39, 0.29) is 17.2 Å². The standard InChI is InChI=1S/C21H25N3O3/c1-15-19(27-16(2)22-15)20(26)23-10-8-21(9-11-23)12-18(25)24(14-21)13-17-6-4-3-5-7-17/h3-7H,8-14H2,1-2H3. The highest BCUT2D eigenvalue weighted by molar-refractivity contribution is 5.92. The van der Waals surface area contributed by atoms with Crippen LogP contribution in [0.5, 0.6) is 0 Å². The molecule has 27 heavy (non-hydrogen) atoms. The number of benzene rings is 1. The zero-order valence-electron chi connectivity index (χ0n) is 15.9. The number of hydrogen-bond donors (Lipinski definition) is 0. The van der Waals surface area contributed by atoms with Crippen molar-refractivity contribution in [2.24, 2.45) is 5.41 Å². The molecular formula is C21H25N3O3. The van der Waals surface area contributed by atoms with E-state index >= 15 is 0 Å². The number of piperidine rings is 1. The van der Waals surface area contributed by atoms with E-state index in [1.165, 1.54) is 0 Å². The fraction of sp³-hybridized carbons (Fsp3) is 0.476. The Labute approximate surface area is 159 Å². The summed E-state index contributed by atoms with van der Waals surface area (Å²) in [7, 11) is 0. The first-order valence-electron chi connectivity index (χ1n) is 9.51. The normalized spacial score (nSPS) is 19.1. The molecule has 2 fully saturated rings. The van der Waals surface area contributed by atoms with Crippen molar-refractivity contribution in [3.8, 4) is 0 Å². The van der Waals surface area contributed by atoms with Crippen molar-refractivity contribution >= 4 is 11.8 Å². The van der Waals surface area contributed by atoms with Crippen molar-refractivity contribution in [2.75, 3.05) is 19.6 Å². The zero-order valence-corrected chi connectivity index (χ0v) is 15.9. The lowest BCUT2D eigenvalue weighted by Gasteiger charge is -2.38. The number of likely N-dealkylation sites (tertiary alicyclic amines) is 2. The van der Waals surface area contributed by atoms with Crippen LogP contribution in [-0.4, -0.2) is 46.2 Å². The fourth-order valence-corrected chi connectivity index (χ4v) is 4.32. The van der Waals surface area contributed by atoms with Crippen LogP contribution in [-0.2, 0) is 11.3 Å². The van der Waals surface area contributed by atoms with Gasteiger partial charge in [0, 0.05) is 44.9 Å². The van der Waals surface area contributed by atoms with Crippen molar-refractivity contribution in [3.05, 3.63) is 53.2 Å². The maximum atomic E-state index is 12.7. The molecule has 2 saturated heterocycles. The highest BCUT2D eigenvalue weighted by Gasteiger charge is 2.45. The van der Waals surface area contributed by atoms with Crippen LogP contribution in [0.1, 0.15) is 47.0 Å². The molecule has 1 aromatic carbocycles. The van der Waals surface area contributed by atoms with Crippen LogP contribution in [0.3, 0.4) is 0 Å². The lowest BCUT2D eigenvalue weighted by molar-refractivity contribution is -0.128. The summed E-state index contributed by atoms with van der Waals surface area (Å²) >= 11 is 0. The summed E-state index contributed by atoms with van der Waals surface area (Å²) in [6.45, 7) is 6.31. The average Bonchev–Trinajstić information content (AvgIpc) is 3.14. The average molecular weight is 367 g/mol. The number of hydrogen-bond acceptors (Lipinski definition) is 4. The van der Waals surface area contributed by atoms with Gasteiger partial charge in [-0.05, 0) is 25.3 Å². The van der Waals surface area contributed by atoms with Gasteiger partial charge in [0.1, 0.15) is 0 Å². The Kier molecular flexibility index (Phi) is 4.50. The molecule has 2 amide bonds. The molecule has 0 radical (unpaired) electrons. The Bertz CT molecular complexity index is 851. The van der Waals surface area contributed by atoms with Gasteiger partial charge in [-0.2, -0.15) is 0 Å². The molecule has 0 saturated carbocycles. The molecule has 0 aliphatic carbocycles. The summed E-state index contributed by atoms with van der Waals surface area (Å²) < 4.78 is 5.48. The minimum absolute atomic E-state index is 0.00494. The second kappa shape index (κ2) is 6.83. The van der Waals surface area contributed by atoms with E-state index in [9.17, 15) is 9.59 Å². The molecule has 3 heterocycles. The maximum absolute atomic E-state index is 12.7. The minimum Gasteiger partial charge on any atom is -0.436 e. The lowest BCUT2D eigenvalue weighted by Crippen LogP contribution is -2.44. The third-order valence-electron chi connectivity index (χ3n) is 5.83. The molecule has 2 aliphatic heterocycles. The van der Waals surface area contributed by atoms with E-state index < -0.39 is 0 Å². The first-order chi connectivity index (χ1) is 13.0. The number of oxazole rings is 1. The van der Waals surface area contributed by atoms with Crippen LogP contribution in [0.2, 0.25) is 0 Å².